The number of piperidine rings is 1. The first-order chi connectivity index (χ1) is 17.1. The topological polar surface area (TPSA) is 35.6 Å². The van der Waals surface area contributed by atoms with E-state index in [0.717, 1.165) is 10.5 Å². The third-order valence-electron chi connectivity index (χ3n) is 6.91. The molecule has 11 heteroatoms. The summed E-state index contributed by atoms with van der Waals surface area (Å²) in [7, 11) is 1.35. The molecular weight excluding hydrogens is 503 g/mol. The fraction of sp³-hybridized carbons (Fsp3) is 0.500. The van der Waals surface area contributed by atoms with E-state index in [1.54, 1.807) is 17.9 Å². The van der Waals surface area contributed by atoms with Gasteiger partial charge in [0.05, 0.1) is 23.2 Å². The summed E-state index contributed by atoms with van der Waals surface area (Å²) in [5.41, 5.74) is -1.78. The number of carbonyl (C=O) groups is 1. The van der Waals surface area contributed by atoms with Gasteiger partial charge < -0.3 is 15.1 Å². The Labute approximate surface area is 211 Å². The van der Waals surface area contributed by atoms with Crippen molar-refractivity contribution in [1.82, 2.24) is 15.1 Å². The molecule has 1 aliphatic heterocycles. The fourth-order valence-electron chi connectivity index (χ4n) is 4.79. The molecule has 1 aliphatic rings. The Morgan fingerprint density at radius 3 is 2.19 bits per heavy atom. The normalized spacial score (nSPS) is 19.6. The standard InChI is InChI=1S/C26H30F7N3O/c1-5-34-21-8-9-36(23(14-21)22-7-6-20(27)10-15(22)2)24(37)35(4)16(3)17-11-18(25(28,29)30)13-19(12-17)26(31,32)33/h6-7,10-13,16,21,23,34H,5,8-9,14H2,1-4H3/t16-,21+,23-/m1/s1. The van der Waals surface area contributed by atoms with Gasteiger partial charge in [-0.3, -0.25) is 0 Å². The number of urea groups is 1. The highest BCUT2D eigenvalue weighted by molar-refractivity contribution is 5.75. The van der Waals surface area contributed by atoms with Gasteiger partial charge in [0.2, 0.25) is 0 Å². The van der Waals surface area contributed by atoms with Gasteiger partial charge in [-0.1, -0.05) is 13.0 Å². The van der Waals surface area contributed by atoms with Gasteiger partial charge in [-0.2, -0.15) is 26.3 Å². The number of nitrogens with one attached hydrogen (secondary N) is 1. The summed E-state index contributed by atoms with van der Waals surface area (Å²) in [4.78, 5) is 16.3. The number of alkyl halides is 6. The molecule has 1 fully saturated rings. The first kappa shape index (κ1) is 28.7. The molecule has 3 rings (SSSR count). The minimum atomic E-state index is -4.99. The largest absolute Gasteiger partial charge is 0.416 e. The van der Waals surface area contributed by atoms with E-state index < -0.39 is 47.4 Å². The van der Waals surface area contributed by atoms with Crippen LogP contribution in [-0.4, -0.2) is 42.0 Å². The smallest absolute Gasteiger partial charge is 0.321 e. The number of hydrogen-bond donors (Lipinski definition) is 1. The van der Waals surface area contributed by atoms with Crippen molar-refractivity contribution < 1.29 is 35.5 Å². The van der Waals surface area contributed by atoms with E-state index in [1.807, 2.05) is 6.92 Å². The SMILES string of the molecule is CCN[C@H]1CCN(C(=O)N(C)[C@H](C)c2cc(C(F)(F)F)cc(C(F)(F)F)c2)[C@@H](c2ccc(F)cc2C)C1. The van der Waals surface area contributed by atoms with Crippen LogP contribution in [0.2, 0.25) is 0 Å². The summed E-state index contributed by atoms with van der Waals surface area (Å²) < 4.78 is 94.0. The van der Waals surface area contributed by atoms with E-state index in [4.69, 9.17) is 0 Å². The number of aryl methyl sites for hydroxylation is 1. The van der Waals surface area contributed by atoms with Crippen LogP contribution < -0.4 is 5.32 Å². The van der Waals surface area contributed by atoms with E-state index in [2.05, 4.69) is 5.32 Å². The summed E-state index contributed by atoms with van der Waals surface area (Å²) in [5.74, 6) is -0.422. The van der Waals surface area contributed by atoms with Gasteiger partial charge >= 0.3 is 18.4 Å². The number of carbonyl (C=O) groups excluding carboxylic acids is 1. The molecule has 1 N–H and O–H groups in total. The summed E-state index contributed by atoms with van der Waals surface area (Å²) in [5, 5.41) is 3.35. The Balaban J connectivity index is 1.96. The zero-order valence-corrected chi connectivity index (χ0v) is 21.0. The molecule has 37 heavy (non-hydrogen) atoms. The Hall–Kier alpha value is -2.82. The number of likely N-dealkylation sites (tertiary alicyclic amines) is 1. The Morgan fingerprint density at radius 2 is 1.68 bits per heavy atom. The predicted molar refractivity (Wildman–Crippen MR) is 125 cm³/mol. The highest BCUT2D eigenvalue weighted by Gasteiger charge is 2.39. The highest BCUT2D eigenvalue weighted by Crippen LogP contribution is 2.39. The van der Waals surface area contributed by atoms with Crippen molar-refractivity contribution in [2.75, 3.05) is 20.1 Å². The summed E-state index contributed by atoms with van der Waals surface area (Å²) in [6.45, 7) is 6.09. The Bertz CT molecular complexity index is 1080. The zero-order valence-electron chi connectivity index (χ0n) is 21.0. The highest BCUT2D eigenvalue weighted by atomic mass is 19.4. The van der Waals surface area contributed by atoms with Gasteiger partial charge in [-0.15, -0.1) is 0 Å². The monoisotopic (exact) mass is 533 g/mol. The average Bonchev–Trinajstić information content (AvgIpc) is 2.81. The molecule has 0 aliphatic carbocycles. The lowest BCUT2D eigenvalue weighted by Gasteiger charge is -2.43. The molecule has 1 saturated heterocycles. The molecule has 0 saturated carbocycles. The quantitative estimate of drug-likeness (QED) is 0.416. The van der Waals surface area contributed by atoms with Gasteiger partial charge in [0.15, 0.2) is 0 Å². The van der Waals surface area contributed by atoms with E-state index in [1.165, 1.54) is 26.1 Å². The summed E-state index contributed by atoms with van der Waals surface area (Å²) in [6.07, 6.45) is -8.84. The summed E-state index contributed by atoms with van der Waals surface area (Å²) in [6, 6.07) is 3.63. The Kier molecular flexibility index (Phi) is 8.46. The van der Waals surface area contributed by atoms with Gasteiger partial charge in [-0.05, 0) is 80.3 Å². The van der Waals surface area contributed by atoms with Crippen LogP contribution in [0, 0.1) is 12.7 Å². The second kappa shape index (κ2) is 10.9. The van der Waals surface area contributed by atoms with Crippen molar-refractivity contribution in [2.45, 2.75) is 64.1 Å². The molecule has 0 radical (unpaired) electrons. The van der Waals surface area contributed by atoms with Gasteiger partial charge in [-0.25, -0.2) is 9.18 Å². The second-order valence-corrected chi connectivity index (χ2v) is 9.40. The minimum Gasteiger partial charge on any atom is -0.321 e. The lowest BCUT2D eigenvalue weighted by Crippen LogP contribution is -2.51. The number of amides is 2. The van der Waals surface area contributed by atoms with Crippen molar-refractivity contribution in [2.24, 2.45) is 0 Å². The number of hydrogen-bond acceptors (Lipinski definition) is 2. The second-order valence-electron chi connectivity index (χ2n) is 9.40. The number of rotatable bonds is 5. The molecule has 4 nitrogen and oxygen atoms in total. The number of halogens is 7. The number of benzene rings is 2. The van der Waals surface area contributed by atoms with Crippen molar-refractivity contribution in [3.8, 4) is 0 Å². The van der Waals surface area contributed by atoms with Crippen molar-refractivity contribution in [3.63, 3.8) is 0 Å². The van der Waals surface area contributed by atoms with Gasteiger partial charge in [0.1, 0.15) is 5.82 Å². The average molecular weight is 534 g/mol. The predicted octanol–water partition coefficient (Wildman–Crippen LogP) is 7.10. The fourth-order valence-corrected chi connectivity index (χ4v) is 4.79. The molecule has 0 aromatic heterocycles. The lowest BCUT2D eigenvalue weighted by molar-refractivity contribution is -0.143. The maximum absolute atomic E-state index is 13.8. The van der Waals surface area contributed by atoms with Crippen LogP contribution in [0.15, 0.2) is 36.4 Å². The molecule has 2 aromatic rings. The van der Waals surface area contributed by atoms with Crippen LogP contribution in [0.4, 0.5) is 35.5 Å². The first-order valence-corrected chi connectivity index (χ1v) is 12.0. The van der Waals surface area contributed by atoms with Crippen LogP contribution in [0.25, 0.3) is 0 Å². The van der Waals surface area contributed by atoms with Crippen LogP contribution in [0.1, 0.15) is 66.6 Å². The van der Waals surface area contributed by atoms with E-state index >= 15 is 0 Å². The van der Waals surface area contributed by atoms with Crippen LogP contribution >= 0.6 is 0 Å². The maximum atomic E-state index is 13.8. The maximum Gasteiger partial charge on any atom is 0.416 e. The van der Waals surface area contributed by atoms with Crippen LogP contribution in [0.3, 0.4) is 0 Å². The molecule has 0 spiro atoms. The summed E-state index contributed by atoms with van der Waals surface area (Å²) >= 11 is 0. The molecule has 2 amide bonds. The molecule has 2 aromatic carbocycles. The molecule has 1 heterocycles. The number of nitrogens with zero attached hydrogens (tertiary/aromatic N) is 2. The van der Waals surface area contributed by atoms with Crippen molar-refractivity contribution in [1.29, 1.82) is 0 Å². The van der Waals surface area contributed by atoms with E-state index in [-0.39, 0.29) is 17.7 Å². The van der Waals surface area contributed by atoms with E-state index in [0.29, 0.717) is 43.6 Å². The molecule has 0 unspecified atom stereocenters. The van der Waals surface area contributed by atoms with Crippen molar-refractivity contribution in [3.05, 3.63) is 70.0 Å². The third-order valence-corrected chi connectivity index (χ3v) is 6.91. The van der Waals surface area contributed by atoms with Crippen LogP contribution in [-0.2, 0) is 12.4 Å². The molecule has 204 valence electrons. The minimum absolute atomic E-state index is 0.0664. The molecule has 0 bridgehead atoms. The third kappa shape index (κ3) is 6.55. The van der Waals surface area contributed by atoms with Gasteiger partial charge in [0.25, 0.3) is 0 Å². The molecular formula is C26H30F7N3O. The van der Waals surface area contributed by atoms with Crippen molar-refractivity contribution >= 4 is 6.03 Å². The first-order valence-electron chi connectivity index (χ1n) is 12.0. The van der Waals surface area contributed by atoms with Gasteiger partial charge in [0, 0.05) is 19.6 Å². The van der Waals surface area contributed by atoms with Crippen LogP contribution in [0.5, 0.6) is 0 Å². The molecule has 3 atom stereocenters. The van der Waals surface area contributed by atoms with E-state index in [9.17, 15) is 35.5 Å². The Morgan fingerprint density at radius 1 is 1.08 bits per heavy atom. The zero-order chi connectivity index (χ0) is 27.7. The lowest BCUT2D eigenvalue weighted by atomic mass is 9.89.